The summed E-state index contributed by atoms with van der Waals surface area (Å²) in [5, 5.41) is 0.167. The zero-order chi connectivity index (χ0) is 22.9. The maximum Gasteiger partial charge on any atom is 0.344 e. The molecular weight excluding hydrogens is 451 g/mol. The van der Waals surface area contributed by atoms with E-state index in [2.05, 4.69) is 6.58 Å². The minimum atomic E-state index is -0.509. The van der Waals surface area contributed by atoms with E-state index >= 15 is 0 Å². The van der Waals surface area contributed by atoms with Gasteiger partial charge in [0, 0.05) is 5.56 Å². The molecule has 0 spiro atoms. The van der Waals surface area contributed by atoms with Gasteiger partial charge in [-0.3, -0.25) is 4.79 Å². The smallest absolute Gasteiger partial charge is 0.344 e. The van der Waals surface area contributed by atoms with E-state index < -0.39 is 5.97 Å². The SMILES string of the molecule is C=C(CC)C(=O)c1ccc(OCC(=O)OCCOC23CC4CC(CC(C4)C2)C3)c(Cl)c1Cl. The second-order valence-electron chi connectivity index (χ2n) is 9.48. The number of esters is 1. The second kappa shape index (κ2) is 9.74. The molecule has 0 heterocycles. The van der Waals surface area contributed by atoms with Crippen LogP contribution in [0.4, 0.5) is 0 Å². The Kier molecular flexibility index (Phi) is 7.18. The molecule has 0 aromatic heterocycles. The Labute approximate surface area is 199 Å². The van der Waals surface area contributed by atoms with Gasteiger partial charge in [0.15, 0.2) is 12.4 Å². The normalized spacial score (nSPS) is 27.9. The van der Waals surface area contributed by atoms with Gasteiger partial charge in [0.1, 0.15) is 17.4 Å². The van der Waals surface area contributed by atoms with Crippen LogP contribution in [0.25, 0.3) is 0 Å². The van der Waals surface area contributed by atoms with Crippen LogP contribution in [0, 0.1) is 17.8 Å². The number of allylic oxidation sites excluding steroid dienone is 1. The number of ketones is 1. The third-order valence-electron chi connectivity index (χ3n) is 7.12. The first-order valence-corrected chi connectivity index (χ1v) is 12.2. The first-order chi connectivity index (χ1) is 15.3. The predicted octanol–water partition coefficient (Wildman–Crippen LogP) is 6.05. The summed E-state index contributed by atoms with van der Waals surface area (Å²) < 4.78 is 17.0. The van der Waals surface area contributed by atoms with E-state index in [0.29, 0.717) is 18.6 Å². The number of carbonyl (C=O) groups excluding carboxylic acids is 2. The molecule has 5 rings (SSSR count). The van der Waals surface area contributed by atoms with Gasteiger partial charge in [0.25, 0.3) is 0 Å². The van der Waals surface area contributed by atoms with Gasteiger partial charge in [0.2, 0.25) is 0 Å². The molecule has 1 aromatic rings. The van der Waals surface area contributed by atoms with Gasteiger partial charge in [-0.05, 0) is 80.4 Å². The third kappa shape index (κ3) is 5.00. The molecule has 5 nitrogen and oxygen atoms in total. The fourth-order valence-corrected chi connectivity index (χ4v) is 6.43. The molecule has 0 N–H and O–H groups in total. The molecule has 4 bridgehead atoms. The number of rotatable bonds is 10. The number of carbonyl (C=O) groups is 2. The Morgan fingerprint density at radius 1 is 1.03 bits per heavy atom. The molecule has 32 heavy (non-hydrogen) atoms. The Hall–Kier alpha value is -1.56. The summed E-state index contributed by atoms with van der Waals surface area (Å²) in [6, 6.07) is 3.05. The summed E-state index contributed by atoms with van der Waals surface area (Å²) in [5.74, 6) is 1.90. The lowest BCUT2D eigenvalue weighted by molar-refractivity contribution is -0.174. The minimum Gasteiger partial charge on any atom is -0.480 e. The Bertz CT molecular complexity index is 875. The highest BCUT2D eigenvalue weighted by Gasteiger charge is 2.51. The van der Waals surface area contributed by atoms with Crippen molar-refractivity contribution < 1.29 is 23.8 Å². The van der Waals surface area contributed by atoms with Gasteiger partial charge >= 0.3 is 5.97 Å². The van der Waals surface area contributed by atoms with Gasteiger partial charge in [-0.15, -0.1) is 0 Å². The highest BCUT2D eigenvalue weighted by atomic mass is 35.5. The average molecular weight is 481 g/mol. The maximum atomic E-state index is 12.3. The molecule has 1 aromatic carbocycles. The van der Waals surface area contributed by atoms with Crippen LogP contribution in [0.1, 0.15) is 62.2 Å². The van der Waals surface area contributed by atoms with Crippen LogP contribution in [0.5, 0.6) is 5.75 Å². The Balaban J connectivity index is 1.22. The number of halogens is 2. The van der Waals surface area contributed by atoms with Gasteiger partial charge < -0.3 is 14.2 Å². The summed E-state index contributed by atoms with van der Waals surface area (Å²) in [4.78, 5) is 24.4. The third-order valence-corrected chi connectivity index (χ3v) is 7.99. The molecule has 0 saturated heterocycles. The first kappa shape index (κ1) is 23.6. The number of ether oxygens (including phenoxy) is 3. The zero-order valence-corrected chi connectivity index (χ0v) is 20.0. The van der Waals surface area contributed by atoms with Crippen molar-refractivity contribution in [3.05, 3.63) is 39.9 Å². The van der Waals surface area contributed by atoms with E-state index in [0.717, 1.165) is 37.0 Å². The lowest BCUT2D eigenvalue weighted by atomic mass is 9.54. The molecule has 7 heteroatoms. The molecule has 4 saturated carbocycles. The molecule has 174 valence electrons. The van der Waals surface area contributed by atoms with Crippen molar-refractivity contribution in [2.45, 2.75) is 57.5 Å². The van der Waals surface area contributed by atoms with Crippen LogP contribution in [-0.2, 0) is 14.3 Å². The van der Waals surface area contributed by atoms with Gasteiger partial charge in [-0.1, -0.05) is 36.7 Å². The van der Waals surface area contributed by atoms with E-state index in [9.17, 15) is 9.59 Å². The zero-order valence-electron chi connectivity index (χ0n) is 18.5. The quantitative estimate of drug-likeness (QED) is 0.176. The molecule has 4 aliphatic rings. The molecule has 0 atom stereocenters. The van der Waals surface area contributed by atoms with E-state index in [1.807, 2.05) is 6.92 Å². The highest BCUT2D eigenvalue weighted by Crippen LogP contribution is 2.57. The van der Waals surface area contributed by atoms with Crippen molar-refractivity contribution >= 4 is 35.0 Å². The summed E-state index contributed by atoms with van der Waals surface area (Å²) in [6.45, 7) is 5.88. The topological polar surface area (TPSA) is 61.8 Å². The summed E-state index contributed by atoms with van der Waals surface area (Å²) in [6.07, 6.45) is 8.07. The Morgan fingerprint density at radius 2 is 1.66 bits per heavy atom. The number of hydrogen-bond donors (Lipinski definition) is 0. The van der Waals surface area contributed by atoms with Crippen LogP contribution in [0.3, 0.4) is 0 Å². The van der Waals surface area contributed by atoms with E-state index in [1.165, 1.54) is 31.4 Å². The molecular formula is C25H30Cl2O5. The number of benzene rings is 1. The summed E-state index contributed by atoms with van der Waals surface area (Å²) in [7, 11) is 0. The van der Waals surface area contributed by atoms with E-state index in [-0.39, 0.29) is 46.0 Å². The lowest BCUT2D eigenvalue weighted by Gasteiger charge is -2.56. The second-order valence-corrected chi connectivity index (χ2v) is 10.2. The average Bonchev–Trinajstić information content (AvgIpc) is 2.76. The highest BCUT2D eigenvalue weighted by molar-refractivity contribution is 6.45. The molecule has 0 amide bonds. The van der Waals surface area contributed by atoms with Crippen LogP contribution >= 0.6 is 23.2 Å². The molecule has 0 aliphatic heterocycles. The first-order valence-electron chi connectivity index (χ1n) is 11.4. The number of hydrogen-bond acceptors (Lipinski definition) is 5. The minimum absolute atomic E-state index is 0.00416. The standard InChI is InChI=1S/C25H30Cl2O5/c1-3-15(2)24(29)19-4-5-20(23(27)22(19)26)31-14-21(28)30-6-7-32-25-11-16-8-17(12-25)10-18(9-16)13-25/h4-5,16-18H,2-3,6-14H2,1H3. The van der Waals surface area contributed by atoms with Crippen LogP contribution in [-0.4, -0.2) is 37.2 Å². The maximum absolute atomic E-state index is 12.3. The van der Waals surface area contributed by atoms with Crippen molar-refractivity contribution in [2.75, 3.05) is 19.8 Å². The molecule has 4 fully saturated rings. The van der Waals surface area contributed by atoms with Gasteiger partial charge in [-0.25, -0.2) is 4.79 Å². The molecule has 0 unspecified atom stereocenters. The summed E-state index contributed by atoms with van der Waals surface area (Å²) in [5.41, 5.74) is 0.709. The van der Waals surface area contributed by atoms with E-state index in [4.69, 9.17) is 37.4 Å². The van der Waals surface area contributed by atoms with Gasteiger partial charge in [-0.2, -0.15) is 0 Å². The largest absolute Gasteiger partial charge is 0.480 e. The van der Waals surface area contributed by atoms with Gasteiger partial charge in [0.05, 0.1) is 17.2 Å². The summed E-state index contributed by atoms with van der Waals surface area (Å²) >= 11 is 12.5. The van der Waals surface area contributed by atoms with Crippen molar-refractivity contribution in [3.8, 4) is 5.75 Å². The number of Topliss-reactive ketones (excluding diaryl/α,β-unsaturated/α-hetero) is 1. The van der Waals surface area contributed by atoms with Crippen molar-refractivity contribution in [2.24, 2.45) is 17.8 Å². The fourth-order valence-electron chi connectivity index (χ4n) is 5.97. The van der Waals surface area contributed by atoms with E-state index in [1.54, 1.807) is 0 Å². The predicted molar refractivity (Wildman–Crippen MR) is 124 cm³/mol. The van der Waals surface area contributed by atoms with Crippen LogP contribution in [0.2, 0.25) is 10.0 Å². The lowest BCUT2D eigenvalue weighted by Crippen LogP contribution is -2.52. The fraction of sp³-hybridized carbons (Fsp3) is 0.600. The van der Waals surface area contributed by atoms with Crippen molar-refractivity contribution in [1.29, 1.82) is 0 Å². The van der Waals surface area contributed by atoms with Crippen molar-refractivity contribution in [1.82, 2.24) is 0 Å². The van der Waals surface area contributed by atoms with Crippen LogP contribution < -0.4 is 4.74 Å². The van der Waals surface area contributed by atoms with Crippen LogP contribution in [0.15, 0.2) is 24.3 Å². The monoisotopic (exact) mass is 480 g/mol. The molecule has 0 radical (unpaired) electrons. The Morgan fingerprint density at radius 3 is 2.25 bits per heavy atom. The van der Waals surface area contributed by atoms with Crippen molar-refractivity contribution in [3.63, 3.8) is 0 Å². The molecule has 4 aliphatic carbocycles.